The first kappa shape index (κ1) is 23.6. The summed E-state index contributed by atoms with van der Waals surface area (Å²) in [6.45, 7) is 7.59. The van der Waals surface area contributed by atoms with E-state index in [2.05, 4.69) is 6.58 Å². The number of ether oxygens (including phenoxy) is 5. The van der Waals surface area contributed by atoms with Gasteiger partial charge in [0.2, 0.25) is 0 Å². The minimum atomic E-state index is -1.01. The van der Waals surface area contributed by atoms with Gasteiger partial charge in [-0.3, -0.25) is 14.4 Å². The van der Waals surface area contributed by atoms with Crippen LogP contribution in [-0.2, 0) is 44.7 Å². The molecule has 8 heteroatoms. The fraction of sp³-hybridized carbons (Fsp3) is 0.500. The molecular weight excluding hydrogens is 392 g/mol. The fourth-order valence-electron chi connectivity index (χ4n) is 3.31. The Kier molecular flexibility index (Phi) is 9.01. The summed E-state index contributed by atoms with van der Waals surface area (Å²) in [5, 5.41) is 0. The number of benzene rings is 1. The number of hydrogen-bond acceptors (Lipinski definition) is 8. The van der Waals surface area contributed by atoms with Gasteiger partial charge in [0.1, 0.15) is 18.8 Å². The maximum atomic E-state index is 11.8. The Hall–Kier alpha value is -2.71. The van der Waals surface area contributed by atoms with E-state index in [9.17, 15) is 14.4 Å². The summed E-state index contributed by atoms with van der Waals surface area (Å²) in [5.41, 5.74) is 0.919. The summed E-state index contributed by atoms with van der Waals surface area (Å²) in [6, 6.07) is 9.47. The number of carbonyl (C=O) groups excluding carboxylic acids is 3. The lowest BCUT2D eigenvalue weighted by molar-refractivity contribution is -0.257. The first-order valence-electron chi connectivity index (χ1n) is 9.71. The van der Waals surface area contributed by atoms with Crippen molar-refractivity contribution >= 4 is 17.9 Å². The third kappa shape index (κ3) is 6.96. The summed E-state index contributed by atoms with van der Waals surface area (Å²) in [4.78, 5) is 34.9. The van der Waals surface area contributed by atoms with E-state index in [1.54, 1.807) is 6.08 Å². The van der Waals surface area contributed by atoms with Crippen molar-refractivity contribution in [2.24, 2.45) is 0 Å². The molecule has 0 bridgehead atoms. The second kappa shape index (κ2) is 11.5. The third-order valence-corrected chi connectivity index (χ3v) is 4.47. The van der Waals surface area contributed by atoms with Crippen LogP contribution >= 0.6 is 0 Å². The fourth-order valence-corrected chi connectivity index (χ4v) is 3.31. The molecular formula is C22H28O8. The van der Waals surface area contributed by atoms with Crippen LogP contribution in [0.1, 0.15) is 32.8 Å². The minimum Gasteiger partial charge on any atom is -0.463 e. The van der Waals surface area contributed by atoms with E-state index in [-0.39, 0.29) is 13.2 Å². The van der Waals surface area contributed by atoms with E-state index in [1.165, 1.54) is 20.8 Å². The van der Waals surface area contributed by atoms with Gasteiger partial charge in [0.25, 0.3) is 0 Å². The molecule has 30 heavy (non-hydrogen) atoms. The zero-order chi connectivity index (χ0) is 22.1. The molecule has 0 spiro atoms. The third-order valence-electron chi connectivity index (χ3n) is 4.47. The molecule has 5 atom stereocenters. The van der Waals surface area contributed by atoms with Crippen molar-refractivity contribution in [1.82, 2.24) is 0 Å². The van der Waals surface area contributed by atoms with Gasteiger partial charge in [0.05, 0.1) is 12.7 Å². The zero-order valence-electron chi connectivity index (χ0n) is 17.4. The Morgan fingerprint density at radius 2 is 1.57 bits per heavy atom. The lowest BCUT2D eigenvalue weighted by atomic mass is 9.92. The molecule has 0 aromatic heterocycles. The van der Waals surface area contributed by atoms with Gasteiger partial charge in [-0.1, -0.05) is 36.4 Å². The number of hydrogen-bond donors (Lipinski definition) is 0. The molecule has 1 aliphatic rings. The van der Waals surface area contributed by atoms with Crippen LogP contribution in [0.3, 0.4) is 0 Å². The molecule has 1 saturated heterocycles. The lowest BCUT2D eigenvalue weighted by Crippen LogP contribution is -2.61. The Morgan fingerprint density at radius 3 is 2.13 bits per heavy atom. The Balaban J connectivity index is 2.32. The predicted molar refractivity (Wildman–Crippen MR) is 106 cm³/mol. The summed E-state index contributed by atoms with van der Waals surface area (Å²) < 4.78 is 28.2. The van der Waals surface area contributed by atoms with Gasteiger partial charge in [0, 0.05) is 20.8 Å². The van der Waals surface area contributed by atoms with E-state index >= 15 is 0 Å². The lowest BCUT2D eigenvalue weighted by Gasteiger charge is -2.44. The normalized spacial score (nSPS) is 25.8. The molecule has 0 saturated carbocycles. The molecule has 1 heterocycles. The highest BCUT2D eigenvalue weighted by molar-refractivity contribution is 5.68. The van der Waals surface area contributed by atoms with Crippen molar-refractivity contribution in [2.75, 3.05) is 6.61 Å². The van der Waals surface area contributed by atoms with Crippen molar-refractivity contribution in [1.29, 1.82) is 0 Å². The summed E-state index contributed by atoms with van der Waals surface area (Å²) in [6.07, 6.45) is -2.03. The SMILES string of the molecule is C=CC[C@H]1O[C@H](COC(C)=O)[C@H](OC(C)=O)[C@H](OC(C)=O)[C@H]1OCc1ccccc1. The van der Waals surface area contributed by atoms with Crippen LogP contribution in [0.15, 0.2) is 43.0 Å². The van der Waals surface area contributed by atoms with Crippen molar-refractivity contribution in [3.63, 3.8) is 0 Å². The second-order valence-electron chi connectivity index (χ2n) is 6.95. The summed E-state index contributed by atoms with van der Waals surface area (Å²) in [7, 11) is 0. The highest BCUT2D eigenvalue weighted by Gasteiger charge is 2.50. The molecule has 0 N–H and O–H groups in total. The van der Waals surface area contributed by atoms with Crippen molar-refractivity contribution in [3.05, 3.63) is 48.6 Å². The van der Waals surface area contributed by atoms with Crippen LogP contribution < -0.4 is 0 Å². The van der Waals surface area contributed by atoms with Crippen LogP contribution in [0, 0.1) is 0 Å². The number of carbonyl (C=O) groups is 3. The molecule has 1 aromatic rings. The summed E-state index contributed by atoms with van der Waals surface area (Å²) in [5.74, 6) is -1.65. The van der Waals surface area contributed by atoms with Crippen molar-refractivity contribution in [2.45, 2.75) is 64.3 Å². The van der Waals surface area contributed by atoms with Gasteiger partial charge in [-0.2, -0.15) is 0 Å². The Bertz CT molecular complexity index is 732. The van der Waals surface area contributed by atoms with Gasteiger partial charge < -0.3 is 23.7 Å². The molecule has 1 aromatic carbocycles. The topological polar surface area (TPSA) is 97.4 Å². The van der Waals surface area contributed by atoms with Crippen LogP contribution in [-0.4, -0.2) is 55.0 Å². The van der Waals surface area contributed by atoms with E-state index in [0.29, 0.717) is 6.42 Å². The van der Waals surface area contributed by atoms with Gasteiger partial charge >= 0.3 is 17.9 Å². The second-order valence-corrected chi connectivity index (χ2v) is 6.95. The van der Waals surface area contributed by atoms with Crippen molar-refractivity contribution < 1.29 is 38.1 Å². The smallest absolute Gasteiger partial charge is 0.303 e. The summed E-state index contributed by atoms with van der Waals surface area (Å²) >= 11 is 0. The Labute approximate surface area is 176 Å². The molecule has 1 fully saturated rings. The first-order chi connectivity index (χ1) is 14.3. The predicted octanol–water partition coefficient (Wildman–Crippen LogP) is 2.34. The van der Waals surface area contributed by atoms with E-state index in [4.69, 9.17) is 23.7 Å². The van der Waals surface area contributed by atoms with Gasteiger partial charge in [0.15, 0.2) is 12.2 Å². The van der Waals surface area contributed by atoms with Gasteiger partial charge in [-0.25, -0.2) is 0 Å². The van der Waals surface area contributed by atoms with Crippen molar-refractivity contribution in [3.8, 4) is 0 Å². The van der Waals surface area contributed by atoms with Crippen LogP contribution in [0.4, 0.5) is 0 Å². The molecule has 0 amide bonds. The first-order valence-corrected chi connectivity index (χ1v) is 9.71. The molecule has 0 radical (unpaired) electrons. The van der Waals surface area contributed by atoms with Crippen LogP contribution in [0.2, 0.25) is 0 Å². The molecule has 1 aliphatic heterocycles. The number of esters is 3. The molecule has 0 unspecified atom stereocenters. The highest BCUT2D eigenvalue weighted by Crippen LogP contribution is 2.31. The largest absolute Gasteiger partial charge is 0.463 e. The van der Waals surface area contributed by atoms with Crippen LogP contribution in [0.25, 0.3) is 0 Å². The molecule has 8 nitrogen and oxygen atoms in total. The Morgan fingerprint density at radius 1 is 0.933 bits per heavy atom. The average Bonchev–Trinajstić information content (AvgIpc) is 2.68. The van der Waals surface area contributed by atoms with Gasteiger partial charge in [-0.05, 0) is 12.0 Å². The van der Waals surface area contributed by atoms with Crippen LogP contribution in [0.5, 0.6) is 0 Å². The van der Waals surface area contributed by atoms with E-state index < -0.39 is 48.4 Å². The quantitative estimate of drug-likeness (QED) is 0.341. The van der Waals surface area contributed by atoms with Gasteiger partial charge in [-0.15, -0.1) is 6.58 Å². The van der Waals surface area contributed by atoms with E-state index in [0.717, 1.165) is 5.56 Å². The minimum absolute atomic E-state index is 0.163. The monoisotopic (exact) mass is 420 g/mol. The average molecular weight is 420 g/mol. The van der Waals surface area contributed by atoms with E-state index in [1.807, 2.05) is 30.3 Å². The maximum Gasteiger partial charge on any atom is 0.303 e. The number of rotatable bonds is 9. The molecule has 2 rings (SSSR count). The standard InChI is InChI=1S/C22H28O8/c1-5-9-18-20(27-12-17-10-7-6-8-11-17)22(29-16(4)25)21(28-15(3)24)19(30-18)13-26-14(2)23/h5-8,10-11,18-22H,1,9,12-13H2,2-4H3/t18-,19-,20+,21+,22-/m1/s1. The zero-order valence-corrected chi connectivity index (χ0v) is 17.4. The molecule has 0 aliphatic carbocycles. The maximum absolute atomic E-state index is 11.8. The highest BCUT2D eigenvalue weighted by atomic mass is 16.6. The molecule has 164 valence electrons.